The first-order chi connectivity index (χ1) is 11.9. The minimum atomic E-state index is -0.990. The number of carbonyl (C=O) groups excluding carboxylic acids is 2. The summed E-state index contributed by atoms with van der Waals surface area (Å²) in [6, 6.07) is 9.41. The number of ether oxygens (including phenoxy) is 4. The van der Waals surface area contributed by atoms with Crippen LogP contribution in [-0.2, 0) is 35.1 Å². The maximum atomic E-state index is 11.5. The quantitative estimate of drug-likeness (QED) is 0.572. The van der Waals surface area contributed by atoms with Crippen LogP contribution in [0.4, 0.5) is 0 Å². The highest BCUT2D eigenvalue weighted by Gasteiger charge is 2.49. The molecule has 0 saturated carbocycles. The number of rotatable bonds is 6. The van der Waals surface area contributed by atoms with E-state index < -0.39 is 48.4 Å². The third kappa shape index (κ3) is 5.43. The van der Waals surface area contributed by atoms with E-state index in [1.54, 1.807) is 0 Å². The molecule has 1 aromatic carbocycles. The van der Waals surface area contributed by atoms with Crippen molar-refractivity contribution in [2.45, 2.75) is 50.3 Å². The third-order valence-corrected chi connectivity index (χ3v) is 4.09. The molecule has 1 fully saturated rings. The molecule has 1 aromatic rings. The van der Waals surface area contributed by atoms with Gasteiger partial charge in [0.15, 0.2) is 12.2 Å². The van der Waals surface area contributed by atoms with E-state index in [1.807, 2.05) is 30.3 Å². The molecule has 5 atom stereocenters. The monoisotopic (exact) mass is 370 g/mol. The van der Waals surface area contributed by atoms with Crippen molar-refractivity contribution >= 4 is 24.6 Å². The van der Waals surface area contributed by atoms with Crippen molar-refractivity contribution < 1.29 is 33.6 Å². The molecule has 8 heteroatoms. The van der Waals surface area contributed by atoms with Crippen LogP contribution in [0, 0.1) is 0 Å². The van der Waals surface area contributed by atoms with Crippen LogP contribution in [0.1, 0.15) is 19.4 Å². The van der Waals surface area contributed by atoms with Gasteiger partial charge >= 0.3 is 11.9 Å². The molecule has 0 amide bonds. The Balaban J connectivity index is 2.20. The summed E-state index contributed by atoms with van der Waals surface area (Å²) in [6.07, 6.45) is -3.58. The van der Waals surface area contributed by atoms with Crippen molar-refractivity contribution in [1.82, 2.24) is 0 Å². The molecule has 1 heterocycles. The topological polar surface area (TPSA) is 91.3 Å². The fourth-order valence-electron chi connectivity index (χ4n) is 2.65. The van der Waals surface area contributed by atoms with Crippen molar-refractivity contribution in [3.8, 4) is 0 Å². The number of carbonyl (C=O) groups is 2. The maximum absolute atomic E-state index is 11.5. The number of thiol groups is 1. The lowest BCUT2D eigenvalue weighted by Crippen LogP contribution is -2.60. The van der Waals surface area contributed by atoms with E-state index in [9.17, 15) is 14.7 Å². The highest BCUT2D eigenvalue weighted by Crippen LogP contribution is 2.30. The molecule has 2 rings (SSSR count). The smallest absolute Gasteiger partial charge is 0.303 e. The first-order valence-corrected chi connectivity index (χ1v) is 8.38. The van der Waals surface area contributed by atoms with Gasteiger partial charge in [0, 0.05) is 13.8 Å². The molecule has 1 aliphatic heterocycles. The number of aliphatic hydroxyl groups excluding tert-OH is 1. The molecule has 138 valence electrons. The minimum Gasteiger partial charge on any atom is -0.456 e. The zero-order valence-corrected chi connectivity index (χ0v) is 14.9. The van der Waals surface area contributed by atoms with E-state index in [1.165, 1.54) is 13.8 Å². The first-order valence-electron chi connectivity index (χ1n) is 7.86. The second-order valence-corrected chi connectivity index (χ2v) is 6.17. The molecule has 0 bridgehead atoms. The van der Waals surface area contributed by atoms with Crippen molar-refractivity contribution in [2.75, 3.05) is 6.61 Å². The summed E-state index contributed by atoms with van der Waals surface area (Å²) in [5.74, 6) is -1.14. The molecule has 25 heavy (non-hydrogen) atoms. The highest BCUT2D eigenvalue weighted by atomic mass is 32.1. The van der Waals surface area contributed by atoms with E-state index in [2.05, 4.69) is 12.6 Å². The maximum Gasteiger partial charge on any atom is 0.303 e. The molecule has 0 unspecified atom stereocenters. The molecule has 7 nitrogen and oxygen atoms in total. The number of benzene rings is 1. The lowest BCUT2D eigenvalue weighted by Gasteiger charge is -2.43. The Morgan fingerprint density at radius 2 is 1.68 bits per heavy atom. The van der Waals surface area contributed by atoms with Gasteiger partial charge in [-0.2, -0.15) is 0 Å². The zero-order chi connectivity index (χ0) is 18.4. The van der Waals surface area contributed by atoms with Crippen LogP contribution in [0.5, 0.6) is 0 Å². The second-order valence-electron chi connectivity index (χ2n) is 5.66. The van der Waals surface area contributed by atoms with Crippen LogP contribution in [0.3, 0.4) is 0 Å². The summed E-state index contributed by atoms with van der Waals surface area (Å²) < 4.78 is 22.0. The van der Waals surface area contributed by atoms with Crippen LogP contribution in [-0.4, -0.2) is 53.5 Å². The Morgan fingerprint density at radius 3 is 2.24 bits per heavy atom. The van der Waals surface area contributed by atoms with Crippen LogP contribution in [0.2, 0.25) is 0 Å². The van der Waals surface area contributed by atoms with Gasteiger partial charge in [0.05, 0.1) is 13.2 Å². The minimum absolute atomic E-state index is 0.236. The Labute approximate surface area is 151 Å². The molecular formula is C17H22O7S. The predicted octanol–water partition coefficient (Wildman–Crippen LogP) is 1.08. The average Bonchev–Trinajstić information content (AvgIpc) is 2.56. The second kappa shape index (κ2) is 9.19. The number of hydrogen-bond donors (Lipinski definition) is 2. The lowest BCUT2D eigenvalue weighted by atomic mass is 9.99. The summed E-state index contributed by atoms with van der Waals surface area (Å²) in [6.45, 7) is 2.29. The van der Waals surface area contributed by atoms with Crippen molar-refractivity contribution in [2.24, 2.45) is 0 Å². The predicted molar refractivity (Wildman–Crippen MR) is 90.9 cm³/mol. The average molecular weight is 370 g/mol. The molecule has 0 aromatic heterocycles. The molecule has 1 N–H and O–H groups in total. The summed E-state index contributed by atoms with van der Waals surface area (Å²) in [5.41, 5.74) is 0.148. The van der Waals surface area contributed by atoms with Gasteiger partial charge in [-0.15, -0.1) is 12.6 Å². The van der Waals surface area contributed by atoms with Crippen molar-refractivity contribution in [3.63, 3.8) is 0 Å². The molecule has 1 saturated heterocycles. The fourth-order valence-corrected chi connectivity index (χ4v) is 3.06. The Morgan fingerprint density at radius 1 is 1.08 bits per heavy atom. The Kier molecular flexibility index (Phi) is 7.24. The van der Waals surface area contributed by atoms with Gasteiger partial charge in [-0.05, 0) is 5.56 Å². The SMILES string of the molecule is CC(=O)O[C@@H]1[C@@H](OCc2ccccc2)[C@@H](S)O[C@H](CO)[C@H]1OC(C)=O. The summed E-state index contributed by atoms with van der Waals surface area (Å²) >= 11 is 4.34. The number of aliphatic hydroxyl groups is 1. The van der Waals surface area contributed by atoms with E-state index in [0.29, 0.717) is 0 Å². The van der Waals surface area contributed by atoms with Gasteiger partial charge in [0.25, 0.3) is 0 Å². The van der Waals surface area contributed by atoms with Crippen molar-refractivity contribution in [3.05, 3.63) is 35.9 Å². The summed E-state index contributed by atoms with van der Waals surface area (Å²) in [7, 11) is 0. The van der Waals surface area contributed by atoms with E-state index >= 15 is 0 Å². The van der Waals surface area contributed by atoms with E-state index in [-0.39, 0.29) is 6.61 Å². The molecule has 0 spiro atoms. The van der Waals surface area contributed by atoms with Crippen LogP contribution >= 0.6 is 12.6 Å². The van der Waals surface area contributed by atoms with Gasteiger partial charge in [-0.25, -0.2) is 0 Å². The van der Waals surface area contributed by atoms with Crippen LogP contribution < -0.4 is 0 Å². The van der Waals surface area contributed by atoms with E-state index in [0.717, 1.165) is 5.56 Å². The first kappa shape index (κ1) is 19.7. The standard InChI is InChI=1S/C17H22O7S/c1-10(19)22-14-13(8-18)24-17(25)16(15(14)23-11(2)20)21-9-12-6-4-3-5-7-12/h3-7,13-18,25H,8-9H2,1-2H3/t13-,14-,15+,16-,17-/m1/s1. The molecule has 0 radical (unpaired) electrons. The largest absolute Gasteiger partial charge is 0.456 e. The molecular weight excluding hydrogens is 348 g/mol. The highest BCUT2D eigenvalue weighted by molar-refractivity contribution is 7.80. The fraction of sp³-hybridized carbons (Fsp3) is 0.529. The van der Waals surface area contributed by atoms with Gasteiger partial charge in [-0.1, -0.05) is 30.3 Å². The summed E-state index contributed by atoms with van der Waals surface area (Å²) in [4.78, 5) is 22.9. The lowest BCUT2D eigenvalue weighted by molar-refractivity contribution is -0.239. The van der Waals surface area contributed by atoms with E-state index in [4.69, 9.17) is 18.9 Å². The summed E-state index contributed by atoms with van der Waals surface area (Å²) in [5, 5.41) is 9.51. The zero-order valence-electron chi connectivity index (χ0n) is 14.0. The number of esters is 2. The van der Waals surface area contributed by atoms with Gasteiger partial charge in [-0.3, -0.25) is 9.59 Å². The van der Waals surface area contributed by atoms with Crippen molar-refractivity contribution in [1.29, 1.82) is 0 Å². The van der Waals surface area contributed by atoms with Crippen LogP contribution in [0.25, 0.3) is 0 Å². The molecule has 1 aliphatic rings. The van der Waals surface area contributed by atoms with Gasteiger partial charge in [0.1, 0.15) is 17.6 Å². The third-order valence-electron chi connectivity index (χ3n) is 3.68. The van der Waals surface area contributed by atoms with Crippen LogP contribution in [0.15, 0.2) is 30.3 Å². The Hall–Kier alpha value is -1.61. The Bertz CT molecular complexity index is 580. The van der Waals surface area contributed by atoms with Gasteiger partial charge < -0.3 is 24.1 Å². The molecule has 0 aliphatic carbocycles. The number of hydrogen-bond acceptors (Lipinski definition) is 8. The van der Waals surface area contributed by atoms with Gasteiger partial charge in [0.2, 0.25) is 0 Å². The normalized spacial score (nSPS) is 29.0.